The molecule has 0 saturated carbocycles. The van der Waals surface area contributed by atoms with Crippen molar-refractivity contribution in [1.29, 1.82) is 0 Å². The van der Waals surface area contributed by atoms with Crippen LogP contribution in [0.4, 0.5) is 10.3 Å². The number of likely N-dealkylation sites (N-methyl/N-ethyl adjacent to an activating group) is 1. The summed E-state index contributed by atoms with van der Waals surface area (Å²) in [5.41, 5.74) is 7.54. The zero-order valence-electron chi connectivity index (χ0n) is 12.0. The lowest BCUT2D eigenvalue weighted by Gasteiger charge is -2.24. The van der Waals surface area contributed by atoms with E-state index in [-0.39, 0.29) is 11.9 Å². The number of halogens is 2. The van der Waals surface area contributed by atoms with Crippen LogP contribution >= 0.6 is 22.6 Å². The standard InChI is InChI=1S/C14H20FIN4/c1-4-19(5-2)8-9(3)20-13-6-10(15)11(16)7-12(13)18-14(20)17/h6-7,9H,4-5,8H2,1-3H3,(H2,17,18). The molecular formula is C14H20FIN4. The Morgan fingerprint density at radius 3 is 2.65 bits per heavy atom. The van der Waals surface area contributed by atoms with Crippen LogP contribution in [0.15, 0.2) is 12.1 Å². The predicted octanol–water partition coefficient (Wildman–Crippen LogP) is 3.27. The van der Waals surface area contributed by atoms with Gasteiger partial charge in [0.05, 0.1) is 14.6 Å². The molecule has 0 spiro atoms. The molecule has 0 radical (unpaired) electrons. The van der Waals surface area contributed by atoms with Crippen molar-refractivity contribution >= 4 is 39.6 Å². The average molecular weight is 390 g/mol. The van der Waals surface area contributed by atoms with E-state index in [0.717, 1.165) is 30.7 Å². The molecule has 2 aromatic rings. The van der Waals surface area contributed by atoms with Gasteiger partial charge in [0.25, 0.3) is 0 Å². The molecule has 2 rings (SSSR count). The second-order valence-corrected chi connectivity index (χ2v) is 6.09. The summed E-state index contributed by atoms with van der Waals surface area (Å²) in [5.74, 6) is 0.218. The number of nitrogens with two attached hydrogens (primary N) is 1. The number of anilines is 1. The summed E-state index contributed by atoms with van der Waals surface area (Å²) in [6.45, 7) is 9.20. The van der Waals surface area contributed by atoms with Crippen LogP contribution < -0.4 is 5.73 Å². The second-order valence-electron chi connectivity index (χ2n) is 4.93. The third kappa shape index (κ3) is 2.90. The van der Waals surface area contributed by atoms with Crippen molar-refractivity contribution in [3.05, 3.63) is 21.5 Å². The summed E-state index contributed by atoms with van der Waals surface area (Å²) in [5, 5.41) is 0. The van der Waals surface area contributed by atoms with Gasteiger partial charge in [-0.15, -0.1) is 0 Å². The molecule has 1 atom stereocenters. The number of benzene rings is 1. The third-order valence-electron chi connectivity index (χ3n) is 3.62. The quantitative estimate of drug-likeness (QED) is 0.798. The number of aromatic nitrogens is 2. The average Bonchev–Trinajstić information content (AvgIpc) is 2.71. The number of fused-ring (bicyclic) bond motifs is 1. The van der Waals surface area contributed by atoms with Crippen molar-refractivity contribution in [1.82, 2.24) is 14.5 Å². The largest absolute Gasteiger partial charge is 0.369 e. The fourth-order valence-electron chi connectivity index (χ4n) is 2.51. The molecule has 2 N–H and O–H groups in total. The first-order chi connectivity index (χ1) is 9.47. The number of nitrogens with zero attached hydrogens (tertiary/aromatic N) is 3. The molecule has 6 heteroatoms. The highest BCUT2D eigenvalue weighted by Gasteiger charge is 2.17. The van der Waals surface area contributed by atoms with Crippen LogP contribution in [0.3, 0.4) is 0 Å². The summed E-state index contributed by atoms with van der Waals surface area (Å²) in [4.78, 5) is 6.66. The number of hydrogen-bond acceptors (Lipinski definition) is 3. The van der Waals surface area contributed by atoms with Crippen molar-refractivity contribution in [2.45, 2.75) is 26.8 Å². The summed E-state index contributed by atoms with van der Waals surface area (Å²) in [6, 6.07) is 3.42. The molecule has 1 aromatic heterocycles. The van der Waals surface area contributed by atoms with Gasteiger partial charge in [0.1, 0.15) is 5.82 Å². The molecule has 0 bridgehead atoms. The van der Waals surface area contributed by atoms with E-state index in [9.17, 15) is 4.39 Å². The predicted molar refractivity (Wildman–Crippen MR) is 89.3 cm³/mol. The zero-order chi connectivity index (χ0) is 14.9. The number of nitrogen functional groups attached to an aromatic ring is 1. The van der Waals surface area contributed by atoms with E-state index in [1.807, 2.05) is 27.2 Å². The van der Waals surface area contributed by atoms with Gasteiger partial charge >= 0.3 is 0 Å². The Morgan fingerprint density at radius 2 is 2.05 bits per heavy atom. The van der Waals surface area contributed by atoms with Crippen LogP contribution in [-0.4, -0.2) is 34.1 Å². The van der Waals surface area contributed by atoms with E-state index in [1.54, 1.807) is 6.07 Å². The Balaban J connectivity index is 2.42. The van der Waals surface area contributed by atoms with Gasteiger partial charge in [-0.2, -0.15) is 0 Å². The van der Waals surface area contributed by atoms with Crippen LogP contribution in [0, 0.1) is 9.39 Å². The van der Waals surface area contributed by atoms with Gasteiger partial charge < -0.3 is 15.2 Å². The minimum Gasteiger partial charge on any atom is -0.369 e. The van der Waals surface area contributed by atoms with Crippen LogP contribution in [0.5, 0.6) is 0 Å². The number of hydrogen-bond donors (Lipinski definition) is 1. The molecule has 0 amide bonds. The van der Waals surface area contributed by atoms with Gasteiger partial charge in [0, 0.05) is 18.7 Å². The lowest BCUT2D eigenvalue weighted by molar-refractivity contribution is 0.264. The number of imidazole rings is 1. The van der Waals surface area contributed by atoms with Gasteiger partial charge in [-0.25, -0.2) is 9.37 Å². The van der Waals surface area contributed by atoms with Crippen molar-refractivity contribution in [2.75, 3.05) is 25.4 Å². The lowest BCUT2D eigenvalue weighted by Crippen LogP contribution is -2.30. The Morgan fingerprint density at radius 1 is 1.40 bits per heavy atom. The summed E-state index contributed by atoms with van der Waals surface area (Å²) < 4.78 is 16.3. The SMILES string of the molecule is CCN(CC)CC(C)n1c(N)nc2cc(I)c(F)cc21. The van der Waals surface area contributed by atoms with E-state index in [0.29, 0.717) is 9.52 Å². The van der Waals surface area contributed by atoms with E-state index < -0.39 is 0 Å². The van der Waals surface area contributed by atoms with E-state index >= 15 is 0 Å². The monoisotopic (exact) mass is 390 g/mol. The molecule has 0 saturated heterocycles. The van der Waals surface area contributed by atoms with Crippen LogP contribution in [-0.2, 0) is 0 Å². The fraction of sp³-hybridized carbons (Fsp3) is 0.500. The summed E-state index contributed by atoms with van der Waals surface area (Å²) >= 11 is 1.97. The first-order valence-electron chi connectivity index (χ1n) is 6.82. The van der Waals surface area contributed by atoms with Gasteiger partial charge in [-0.3, -0.25) is 0 Å². The van der Waals surface area contributed by atoms with E-state index in [1.165, 1.54) is 6.07 Å². The molecule has 0 aliphatic rings. The van der Waals surface area contributed by atoms with E-state index in [2.05, 4.69) is 30.7 Å². The third-order valence-corrected chi connectivity index (χ3v) is 4.44. The van der Waals surface area contributed by atoms with Gasteiger partial charge in [0.15, 0.2) is 0 Å². The highest BCUT2D eigenvalue weighted by molar-refractivity contribution is 14.1. The van der Waals surface area contributed by atoms with E-state index in [4.69, 9.17) is 5.73 Å². The summed E-state index contributed by atoms with van der Waals surface area (Å²) in [7, 11) is 0. The molecule has 20 heavy (non-hydrogen) atoms. The molecule has 0 aliphatic carbocycles. The molecule has 0 fully saturated rings. The molecule has 1 aromatic carbocycles. The van der Waals surface area contributed by atoms with Crippen LogP contribution in [0.2, 0.25) is 0 Å². The topological polar surface area (TPSA) is 47.1 Å². The summed E-state index contributed by atoms with van der Waals surface area (Å²) in [6.07, 6.45) is 0. The molecule has 0 aliphatic heterocycles. The first-order valence-corrected chi connectivity index (χ1v) is 7.90. The molecule has 110 valence electrons. The lowest BCUT2D eigenvalue weighted by atomic mass is 10.2. The zero-order valence-corrected chi connectivity index (χ0v) is 14.2. The van der Waals surface area contributed by atoms with Gasteiger partial charge in [0.2, 0.25) is 5.95 Å². The van der Waals surface area contributed by atoms with Crippen LogP contribution in [0.1, 0.15) is 26.8 Å². The molecule has 1 heterocycles. The van der Waals surface area contributed by atoms with Crippen molar-refractivity contribution in [2.24, 2.45) is 0 Å². The molecular weight excluding hydrogens is 370 g/mol. The minimum absolute atomic E-state index is 0.152. The van der Waals surface area contributed by atoms with Gasteiger partial charge in [-0.05, 0) is 48.7 Å². The maximum absolute atomic E-state index is 13.8. The normalized spacial score (nSPS) is 13.3. The second kappa shape index (κ2) is 6.26. The highest BCUT2D eigenvalue weighted by atomic mass is 127. The maximum atomic E-state index is 13.8. The van der Waals surface area contributed by atoms with Crippen molar-refractivity contribution < 1.29 is 4.39 Å². The minimum atomic E-state index is -0.228. The Kier molecular flexibility index (Phi) is 4.85. The van der Waals surface area contributed by atoms with Gasteiger partial charge in [-0.1, -0.05) is 13.8 Å². The highest BCUT2D eigenvalue weighted by Crippen LogP contribution is 2.26. The number of rotatable bonds is 5. The van der Waals surface area contributed by atoms with Crippen molar-refractivity contribution in [3.8, 4) is 0 Å². The Hall–Kier alpha value is -0.890. The first kappa shape index (κ1) is 15.5. The van der Waals surface area contributed by atoms with Crippen LogP contribution in [0.25, 0.3) is 11.0 Å². The Bertz CT molecular complexity index is 607. The molecule has 4 nitrogen and oxygen atoms in total. The Labute approximate surface area is 132 Å². The van der Waals surface area contributed by atoms with Crippen molar-refractivity contribution in [3.63, 3.8) is 0 Å². The maximum Gasteiger partial charge on any atom is 0.201 e. The molecule has 1 unspecified atom stereocenters. The fourth-order valence-corrected chi connectivity index (χ4v) is 2.96. The smallest absolute Gasteiger partial charge is 0.201 e.